The molecule has 0 heterocycles. The minimum Gasteiger partial charge on any atom is -0.481 e. The summed E-state index contributed by atoms with van der Waals surface area (Å²) in [6.07, 6.45) is -0.148. The van der Waals surface area contributed by atoms with E-state index in [9.17, 15) is 31.2 Å². The second kappa shape index (κ2) is 26.3. The SMILES string of the molecule is CC(C)(C)OC(=O)NCCOCCOCCNC(=O)CCNc1ccc(N=Nc2ccc(S(N)(=O)=O)cc2)cc1.NS(=O)(=O)c1ccc(N=Nc2ccc(NCCC(=O)O)cc2)cc1. The first-order chi connectivity index (χ1) is 30.3. The number of benzene rings is 4. The number of anilines is 2. The third-order valence-electron chi connectivity index (χ3n) is 7.83. The zero-order chi connectivity index (χ0) is 47.0. The topological polar surface area (TPSA) is 317 Å². The molecule has 4 aromatic carbocycles. The van der Waals surface area contributed by atoms with Crippen LogP contribution in [0.2, 0.25) is 0 Å². The maximum absolute atomic E-state index is 12.0. The molecule has 0 saturated heterocycles. The molecule has 0 bridgehead atoms. The van der Waals surface area contributed by atoms with Crippen molar-refractivity contribution in [3.63, 3.8) is 0 Å². The van der Waals surface area contributed by atoms with E-state index in [0.29, 0.717) is 81.8 Å². The fraction of sp³-hybridized carbons (Fsp3) is 0.341. The van der Waals surface area contributed by atoms with Gasteiger partial charge in [-0.1, -0.05) is 0 Å². The largest absolute Gasteiger partial charge is 0.481 e. The summed E-state index contributed by atoms with van der Waals surface area (Å²) in [6.45, 7) is 8.39. The summed E-state index contributed by atoms with van der Waals surface area (Å²) in [7, 11) is -7.47. The number of carboxylic acids is 1. The molecule has 346 valence electrons. The highest BCUT2D eigenvalue weighted by molar-refractivity contribution is 7.89. The van der Waals surface area contributed by atoms with Crippen LogP contribution in [0.1, 0.15) is 33.6 Å². The van der Waals surface area contributed by atoms with E-state index in [1.807, 2.05) is 12.1 Å². The standard InChI is InChI=1S/C26H38N6O7S.C15H16N4O4S/c1-26(2,3)39-25(34)30-15-17-38-19-18-37-16-14-29-24(33)12-13-28-20-4-6-21(7-5-20)31-32-22-8-10-23(11-9-22)40(27,35)36;16-24(22,23)14-7-5-13(6-8-14)19-18-12-3-1-11(2-4-12)17-10-9-15(20)21/h4-11,28H,12-19H2,1-3H3,(H,29,33)(H,30,34)(H2,27,35,36);1-8,17H,9-10H2,(H,20,21)(H2,16,22,23). The van der Waals surface area contributed by atoms with Gasteiger partial charge in [-0.3, -0.25) is 9.59 Å². The van der Waals surface area contributed by atoms with Crippen LogP contribution in [0.25, 0.3) is 0 Å². The number of aliphatic carboxylic acids is 1. The van der Waals surface area contributed by atoms with Crippen LogP contribution in [0.4, 0.5) is 38.9 Å². The number of ether oxygens (including phenoxy) is 3. The Kier molecular flexibility index (Phi) is 21.4. The molecule has 23 heteroatoms. The van der Waals surface area contributed by atoms with E-state index in [1.165, 1.54) is 48.5 Å². The Morgan fingerprint density at radius 1 is 0.547 bits per heavy atom. The van der Waals surface area contributed by atoms with E-state index in [-0.39, 0.29) is 22.1 Å². The molecular weight excluding hydrogens is 873 g/mol. The minimum absolute atomic E-state index is 0.00801. The van der Waals surface area contributed by atoms with Gasteiger partial charge in [0.05, 0.1) is 65.4 Å². The van der Waals surface area contributed by atoms with Gasteiger partial charge in [0.15, 0.2) is 0 Å². The summed E-state index contributed by atoms with van der Waals surface area (Å²) in [5, 5.41) is 46.4. The lowest BCUT2D eigenvalue weighted by molar-refractivity contribution is -0.136. The summed E-state index contributed by atoms with van der Waals surface area (Å²) in [5.41, 5.74) is 3.28. The highest BCUT2D eigenvalue weighted by atomic mass is 32.2. The molecule has 0 fully saturated rings. The van der Waals surface area contributed by atoms with Crippen LogP contribution in [-0.2, 0) is 43.8 Å². The first-order valence-corrected chi connectivity index (χ1v) is 22.7. The van der Waals surface area contributed by atoms with Crippen molar-refractivity contribution in [2.45, 2.75) is 49.0 Å². The van der Waals surface area contributed by atoms with Gasteiger partial charge in [-0.05, 0) is 118 Å². The molecule has 64 heavy (non-hydrogen) atoms. The van der Waals surface area contributed by atoms with Gasteiger partial charge in [-0.15, -0.1) is 0 Å². The Hall–Kier alpha value is -6.37. The molecule has 4 aromatic rings. The van der Waals surface area contributed by atoms with Gasteiger partial charge in [0.2, 0.25) is 26.0 Å². The van der Waals surface area contributed by atoms with Crippen molar-refractivity contribution in [3.05, 3.63) is 97.1 Å². The quantitative estimate of drug-likeness (QED) is 0.0339. The van der Waals surface area contributed by atoms with Crippen LogP contribution in [0.3, 0.4) is 0 Å². The number of alkyl carbamates (subject to hydrolysis) is 1. The Bertz CT molecular complexity index is 2360. The van der Waals surface area contributed by atoms with Crippen LogP contribution in [0.5, 0.6) is 0 Å². The molecule has 4 rings (SSSR count). The molecule has 21 nitrogen and oxygen atoms in total. The fourth-order valence-electron chi connectivity index (χ4n) is 4.77. The predicted molar refractivity (Wildman–Crippen MR) is 240 cm³/mol. The molecule has 0 aliphatic carbocycles. The summed E-state index contributed by atoms with van der Waals surface area (Å²) in [4.78, 5) is 33.9. The molecule has 0 aliphatic rings. The summed E-state index contributed by atoms with van der Waals surface area (Å²) >= 11 is 0. The molecule has 0 unspecified atom stereocenters. The number of hydrogen-bond acceptors (Lipinski definition) is 16. The maximum atomic E-state index is 12.0. The number of carbonyl (C=O) groups is 3. The number of carboxylic acid groups (broad SMARTS) is 1. The molecule has 0 radical (unpaired) electrons. The van der Waals surface area contributed by atoms with Crippen molar-refractivity contribution in [1.29, 1.82) is 0 Å². The Morgan fingerprint density at radius 3 is 1.27 bits per heavy atom. The summed E-state index contributed by atoms with van der Waals surface area (Å²) < 4.78 is 60.8. The lowest BCUT2D eigenvalue weighted by Gasteiger charge is -2.19. The maximum Gasteiger partial charge on any atom is 0.407 e. The van der Waals surface area contributed by atoms with Crippen LogP contribution in [0, 0.1) is 0 Å². The number of nitrogens with zero attached hydrogens (tertiary/aromatic N) is 4. The lowest BCUT2D eigenvalue weighted by Crippen LogP contribution is -2.34. The molecular formula is C41H54N10O11S2. The van der Waals surface area contributed by atoms with Crippen molar-refractivity contribution in [1.82, 2.24) is 10.6 Å². The van der Waals surface area contributed by atoms with Crippen LogP contribution >= 0.6 is 0 Å². The van der Waals surface area contributed by atoms with E-state index in [4.69, 9.17) is 29.6 Å². The van der Waals surface area contributed by atoms with Crippen molar-refractivity contribution in [2.24, 2.45) is 30.7 Å². The van der Waals surface area contributed by atoms with Gasteiger partial charge in [0.1, 0.15) is 5.60 Å². The number of azo groups is 2. The van der Waals surface area contributed by atoms with E-state index in [0.717, 1.165) is 11.4 Å². The number of hydrogen-bond donors (Lipinski definition) is 7. The molecule has 0 saturated carbocycles. The third-order valence-corrected chi connectivity index (χ3v) is 9.69. The molecule has 9 N–H and O–H groups in total. The Labute approximate surface area is 372 Å². The number of sulfonamides is 2. The van der Waals surface area contributed by atoms with Crippen LogP contribution in [-0.4, -0.2) is 98.1 Å². The first kappa shape index (κ1) is 52.0. The number of nitrogens with two attached hydrogens (primary N) is 2. The Morgan fingerprint density at radius 2 is 0.906 bits per heavy atom. The average Bonchev–Trinajstić information content (AvgIpc) is 3.23. The van der Waals surface area contributed by atoms with Gasteiger partial charge in [-0.25, -0.2) is 31.9 Å². The molecule has 0 aromatic heterocycles. The zero-order valence-electron chi connectivity index (χ0n) is 35.6. The van der Waals surface area contributed by atoms with Gasteiger partial charge < -0.3 is 40.6 Å². The number of nitrogens with one attached hydrogen (secondary N) is 4. The van der Waals surface area contributed by atoms with E-state index in [2.05, 4.69) is 41.7 Å². The number of carbonyl (C=O) groups excluding carboxylic acids is 2. The van der Waals surface area contributed by atoms with Crippen molar-refractivity contribution in [2.75, 3.05) is 63.2 Å². The van der Waals surface area contributed by atoms with E-state index in [1.54, 1.807) is 57.2 Å². The minimum atomic E-state index is -3.75. The summed E-state index contributed by atoms with van der Waals surface area (Å²) in [6, 6.07) is 25.7. The summed E-state index contributed by atoms with van der Waals surface area (Å²) in [5.74, 6) is -0.958. The molecule has 0 spiro atoms. The van der Waals surface area contributed by atoms with Gasteiger partial charge in [0.25, 0.3) is 0 Å². The van der Waals surface area contributed by atoms with E-state index < -0.39 is 37.7 Å². The molecule has 0 aliphatic heterocycles. The smallest absolute Gasteiger partial charge is 0.407 e. The first-order valence-electron chi connectivity index (χ1n) is 19.6. The monoisotopic (exact) mass is 926 g/mol. The van der Waals surface area contributed by atoms with E-state index >= 15 is 0 Å². The van der Waals surface area contributed by atoms with Crippen molar-refractivity contribution in [3.8, 4) is 0 Å². The van der Waals surface area contributed by atoms with Gasteiger partial charge >= 0.3 is 12.1 Å². The number of primary sulfonamides is 2. The van der Waals surface area contributed by atoms with Crippen molar-refractivity contribution >= 4 is 72.1 Å². The molecule has 0 atom stereocenters. The Balaban J connectivity index is 0.000000385. The van der Waals surface area contributed by atoms with Crippen molar-refractivity contribution < 1.29 is 50.5 Å². The lowest BCUT2D eigenvalue weighted by atomic mass is 10.2. The normalized spacial score (nSPS) is 11.7. The second-order valence-electron chi connectivity index (χ2n) is 14.3. The zero-order valence-corrected chi connectivity index (χ0v) is 37.2. The fourth-order valence-corrected chi connectivity index (χ4v) is 5.81. The number of amides is 2. The highest BCUT2D eigenvalue weighted by Gasteiger charge is 2.15. The highest BCUT2D eigenvalue weighted by Crippen LogP contribution is 2.23. The average molecular weight is 927 g/mol. The number of rotatable bonds is 23. The van der Waals surface area contributed by atoms with Gasteiger partial charge in [-0.2, -0.15) is 20.5 Å². The third kappa shape index (κ3) is 22.6. The molecule has 2 amide bonds. The predicted octanol–water partition coefficient (Wildman–Crippen LogP) is 5.86. The van der Waals surface area contributed by atoms with Gasteiger partial charge in [0, 0.05) is 44.0 Å². The van der Waals surface area contributed by atoms with Crippen LogP contribution in [0.15, 0.2) is 127 Å². The second-order valence-corrected chi connectivity index (χ2v) is 17.4. The van der Waals surface area contributed by atoms with Crippen LogP contribution < -0.4 is 31.5 Å².